The number of hydrogen-bond acceptors (Lipinski definition) is 10. The number of carboxylic acids is 1. The zero-order valence-electron chi connectivity index (χ0n) is 33.6. The van der Waals surface area contributed by atoms with Crippen LogP contribution in [0.5, 0.6) is 5.75 Å². The highest BCUT2D eigenvalue weighted by Gasteiger charge is 2.72. The van der Waals surface area contributed by atoms with Crippen molar-refractivity contribution in [1.82, 2.24) is 29.6 Å². The van der Waals surface area contributed by atoms with Crippen molar-refractivity contribution in [1.29, 1.82) is 0 Å². The first-order chi connectivity index (χ1) is 29.6. The molecule has 6 atom stereocenters. The Morgan fingerprint density at radius 1 is 0.836 bits per heavy atom. The summed E-state index contributed by atoms with van der Waals surface area (Å²) in [5.74, 6) is -2.97. The molecule has 0 spiro atoms. The zero-order valence-corrected chi connectivity index (χ0v) is 33.6. The van der Waals surface area contributed by atoms with E-state index in [-0.39, 0.29) is 61.8 Å². The van der Waals surface area contributed by atoms with Crippen molar-refractivity contribution < 1.29 is 38.6 Å². The van der Waals surface area contributed by atoms with Gasteiger partial charge in [0.25, 0.3) is 11.8 Å². The smallest absolute Gasteiger partial charge is 0.415 e. The molecule has 5 heterocycles. The number of anilines is 1. The van der Waals surface area contributed by atoms with E-state index in [4.69, 9.17) is 4.74 Å². The van der Waals surface area contributed by atoms with Crippen LogP contribution in [0.2, 0.25) is 0 Å². The number of carboxylic acid groups (broad SMARTS) is 1. The van der Waals surface area contributed by atoms with E-state index in [2.05, 4.69) is 14.9 Å². The van der Waals surface area contributed by atoms with Gasteiger partial charge < -0.3 is 29.4 Å². The van der Waals surface area contributed by atoms with Crippen LogP contribution < -0.4 is 9.64 Å². The number of amides is 5. The third kappa shape index (κ3) is 7.46. The normalized spacial score (nSPS) is 24.6. The molecule has 2 aromatic carbocycles. The topological polar surface area (TPSA) is 174 Å². The van der Waals surface area contributed by atoms with Crippen LogP contribution in [-0.4, -0.2) is 114 Å². The van der Waals surface area contributed by atoms with Crippen LogP contribution in [0.3, 0.4) is 0 Å². The Labute approximate surface area is 352 Å². The number of nitrogens with zero attached hydrogens (tertiary/aromatic N) is 7. The number of carbonyl (C=O) groups excluding carboxylic acids is 5. The maximum absolute atomic E-state index is 15.6. The van der Waals surface area contributed by atoms with E-state index >= 15 is 9.59 Å². The van der Waals surface area contributed by atoms with Gasteiger partial charge in [0.05, 0.1) is 0 Å². The van der Waals surface area contributed by atoms with Crippen molar-refractivity contribution in [3.05, 3.63) is 120 Å². The molecule has 3 aliphatic heterocycles. The molecule has 5 fully saturated rings. The highest BCUT2D eigenvalue weighted by molar-refractivity contribution is 6.09. The first-order valence-corrected chi connectivity index (χ1v) is 21.0. The van der Waals surface area contributed by atoms with E-state index in [1.54, 1.807) is 64.8 Å². The lowest BCUT2D eigenvalue weighted by atomic mass is 9.77. The summed E-state index contributed by atoms with van der Waals surface area (Å²) in [4.78, 5) is 101. The van der Waals surface area contributed by atoms with Crippen LogP contribution in [-0.2, 0) is 43.5 Å². The van der Waals surface area contributed by atoms with Gasteiger partial charge in [-0.2, -0.15) is 0 Å². The van der Waals surface area contributed by atoms with E-state index in [1.807, 2.05) is 48.5 Å². The minimum Gasteiger partial charge on any atom is -0.480 e. The Bertz CT molecular complexity index is 2310. The number of fused-ring (bicyclic) bond motifs is 1. The fourth-order valence-electron chi connectivity index (χ4n) is 10.4. The Hall–Kier alpha value is -6.64. The summed E-state index contributed by atoms with van der Waals surface area (Å²) < 4.78 is 5.70. The maximum Gasteiger partial charge on any atom is 0.415 e. The number of piperazine rings is 1. The van der Waals surface area contributed by atoms with Gasteiger partial charge in [-0.05, 0) is 78.6 Å². The van der Waals surface area contributed by atoms with E-state index in [0.29, 0.717) is 56.6 Å². The first kappa shape index (κ1) is 39.8. The first-order valence-electron chi connectivity index (χ1n) is 21.0. The molecule has 61 heavy (non-hydrogen) atoms. The molecule has 15 nitrogen and oxygen atoms in total. The summed E-state index contributed by atoms with van der Waals surface area (Å²) in [5, 5.41) is 11.0. The molecule has 1 N–H and O–H groups in total. The van der Waals surface area contributed by atoms with Crippen LogP contribution in [0.4, 0.5) is 10.6 Å². The monoisotopic (exact) mass is 825 g/mol. The summed E-state index contributed by atoms with van der Waals surface area (Å²) in [5.41, 5.74) is 0.545. The lowest BCUT2D eigenvalue weighted by Gasteiger charge is -2.43. The number of ether oxygens (including phenoxy) is 1. The second-order valence-corrected chi connectivity index (χ2v) is 16.8. The number of pyridine rings is 2. The van der Waals surface area contributed by atoms with Gasteiger partial charge in [0.1, 0.15) is 29.2 Å². The van der Waals surface area contributed by atoms with Crippen molar-refractivity contribution in [3.8, 4) is 5.75 Å². The highest BCUT2D eigenvalue weighted by Crippen LogP contribution is 2.62. The number of benzene rings is 2. The van der Waals surface area contributed by atoms with Gasteiger partial charge >= 0.3 is 12.1 Å². The van der Waals surface area contributed by atoms with Gasteiger partial charge in [0, 0.05) is 82.5 Å². The van der Waals surface area contributed by atoms with E-state index in [0.717, 1.165) is 16.3 Å². The molecule has 2 aromatic heterocycles. The summed E-state index contributed by atoms with van der Waals surface area (Å²) in [7, 11) is 0. The number of carbonyl (C=O) groups is 6. The third-order valence-corrected chi connectivity index (χ3v) is 13.3. The number of aliphatic carboxylic acids is 1. The van der Waals surface area contributed by atoms with Crippen molar-refractivity contribution in [2.45, 2.75) is 69.2 Å². The summed E-state index contributed by atoms with van der Waals surface area (Å²) in [6, 6.07) is 22.1. The van der Waals surface area contributed by atoms with Crippen molar-refractivity contribution in [3.63, 3.8) is 0 Å². The molecule has 2 aliphatic carbocycles. The molecule has 3 saturated heterocycles. The largest absolute Gasteiger partial charge is 0.480 e. The molecular weight excluding hydrogens is 779 g/mol. The molecular formula is C46H47N7O8. The van der Waals surface area contributed by atoms with Gasteiger partial charge in [-0.1, -0.05) is 54.6 Å². The second kappa shape index (κ2) is 16.4. The fourth-order valence-corrected chi connectivity index (χ4v) is 10.4. The molecule has 9 rings (SSSR count). The fraction of sp³-hybridized carbons (Fsp3) is 0.391. The number of rotatable bonds is 12. The predicted octanol–water partition coefficient (Wildman–Crippen LogP) is 4.17. The van der Waals surface area contributed by atoms with Crippen LogP contribution in [0, 0.1) is 17.8 Å². The average molecular weight is 826 g/mol. The Balaban J connectivity index is 0.993. The van der Waals surface area contributed by atoms with Gasteiger partial charge in [0.2, 0.25) is 11.8 Å². The molecule has 5 aliphatic rings. The molecule has 5 amide bonds. The molecule has 314 valence electrons. The SMILES string of the molecule is O=C(O)[C@H](Cc1ccc(OC(=O)N2CCN(c3ccccn3)CC2)cc1)N(C(=O)[C@@H]1CCC(=O)N1Cc1cccnc1)C(=O)C12CC3CC(C(=O)N1Cc1ccccc1)C2C3. The van der Waals surface area contributed by atoms with Crippen molar-refractivity contribution >= 4 is 41.5 Å². The second-order valence-electron chi connectivity index (χ2n) is 16.8. The molecule has 15 heteroatoms. The Morgan fingerprint density at radius 2 is 1.59 bits per heavy atom. The average Bonchev–Trinajstić information content (AvgIpc) is 4.02. The minimum atomic E-state index is -1.68. The molecule has 2 bridgehead atoms. The predicted molar refractivity (Wildman–Crippen MR) is 219 cm³/mol. The lowest BCUT2D eigenvalue weighted by molar-refractivity contribution is -0.168. The third-order valence-electron chi connectivity index (χ3n) is 13.3. The van der Waals surface area contributed by atoms with E-state index in [1.165, 1.54) is 4.90 Å². The number of aromatic nitrogens is 2. The number of imide groups is 1. The van der Waals surface area contributed by atoms with Crippen LogP contribution in [0.1, 0.15) is 48.8 Å². The Morgan fingerprint density at radius 3 is 2.28 bits per heavy atom. The van der Waals surface area contributed by atoms with Crippen LogP contribution >= 0.6 is 0 Å². The Kier molecular flexibility index (Phi) is 10.7. The lowest BCUT2D eigenvalue weighted by Crippen LogP contribution is -2.65. The molecule has 4 aromatic rings. The summed E-state index contributed by atoms with van der Waals surface area (Å²) >= 11 is 0. The molecule has 0 radical (unpaired) electrons. The van der Waals surface area contributed by atoms with Crippen LogP contribution in [0.25, 0.3) is 0 Å². The summed E-state index contributed by atoms with van der Waals surface area (Å²) in [6.07, 6.45) is 5.89. The zero-order chi connectivity index (χ0) is 42.3. The van der Waals surface area contributed by atoms with Gasteiger partial charge in [-0.3, -0.25) is 29.1 Å². The van der Waals surface area contributed by atoms with Gasteiger partial charge in [-0.25, -0.2) is 14.6 Å². The van der Waals surface area contributed by atoms with Gasteiger partial charge in [-0.15, -0.1) is 0 Å². The van der Waals surface area contributed by atoms with E-state index < -0.39 is 47.4 Å². The van der Waals surface area contributed by atoms with Crippen LogP contribution in [0.15, 0.2) is 104 Å². The van der Waals surface area contributed by atoms with E-state index in [9.17, 15) is 24.3 Å². The number of hydrogen-bond donors (Lipinski definition) is 1. The highest BCUT2D eigenvalue weighted by atomic mass is 16.6. The number of likely N-dealkylation sites (tertiary alicyclic amines) is 2. The van der Waals surface area contributed by atoms with Crippen molar-refractivity contribution in [2.24, 2.45) is 17.8 Å². The minimum absolute atomic E-state index is 0.0487. The maximum atomic E-state index is 15.6. The molecule has 2 saturated carbocycles. The summed E-state index contributed by atoms with van der Waals surface area (Å²) in [6.45, 7) is 2.26. The van der Waals surface area contributed by atoms with Crippen molar-refractivity contribution in [2.75, 3.05) is 31.1 Å². The van der Waals surface area contributed by atoms with Gasteiger partial charge in [0.15, 0.2) is 0 Å². The standard InChI is InChI=1S/C46H47N7O8/c54-40-16-15-37(51(40)28-32-9-6-17-47-27-32)42(56)53(44(59)46-26-33-23-35(36(46)24-33)41(55)52(46)29-31-7-2-1-3-8-31)38(43(57)58)25-30-11-13-34(14-12-30)61-45(60)50-21-19-49(20-22-50)39-10-4-5-18-48-39/h1-14,17-18,27,33,35-38H,15-16,19-26,28-29H2,(H,57,58)/t33?,35?,36?,37-,38-,46?/m0/s1. The molecule has 4 unspecified atom stereocenters. The quantitative estimate of drug-likeness (QED) is 0.203.